The predicted molar refractivity (Wildman–Crippen MR) is 146 cm³/mol. The first-order valence-electron chi connectivity index (χ1n) is 13.9. The Morgan fingerprint density at radius 1 is 1.20 bits per heavy atom. The number of hydrogen-bond donors (Lipinski definition) is 2. The first kappa shape index (κ1) is 34.1. The van der Waals surface area contributed by atoms with E-state index in [0.717, 1.165) is 31.2 Å². The Kier molecular flexibility index (Phi) is 14.0. The van der Waals surface area contributed by atoms with Gasteiger partial charge in [0, 0.05) is 25.6 Å². The van der Waals surface area contributed by atoms with Crippen LogP contribution in [0.3, 0.4) is 0 Å². The number of carbonyl (C=O) groups is 3. The number of carbonyl (C=O) groups excluding carboxylic acids is 2. The summed E-state index contributed by atoms with van der Waals surface area (Å²) in [7, 11) is 0. The van der Waals surface area contributed by atoms with Gasteiger partial charge in [0.15, 0.2) is 12.4 Å². The average Bonchev–Trinajstić information content (AvgIpc) is 3.39. The van der Waals surface area contributed by atoms with Crippen molar-refractivity contribution in [2.24, 2.45) is 11.8 Å². The van der Waals surface area contributed by atoms with E-state index in [1.165, 1.54) is 5.56 Å². The summed E-state index contributed by atoms with van der Waals surface area (Å²) in [5.74, 6) is -2.09. The summed E-state index contributed by atoms with van der Waals surface area (Å²) >= 11 is 0. The minimum atomic E-state index is -1.25. The molecule has 0 aliphatic carbocycles. The second-order valence-corrected chi connectivity index (χ2v) is 10.4. The van der Waals surface area contributed by atoms with Crippen LogP contribution in [0.15, 0.2) is 24.3 Å². The van der Waals surface area contributed by atoms with Crippen molar-refractivity contribution in [3.63, 3.8) is 0 Å². The number of aliphatic carboxylic acids is 1. The van der Waals surface area contributed by atoms with E-state index in [-0.39, 0.29) is 50.9 Å². The Morgan fingerprint density at radius 3 is 2.65 bits per heavy atom. The van der Waals surface area contributed by atoms with E-state index in [2.05, 4.69) is 16.7 Å². The molecule has 3 aliphatic heterocycles. The third-order valence-electron chi connectivity index (χ3n) is 7.79. The number of carboxylic acid groups (broad SMARTS) is 1. The van der Waals surface area contributed by atoms with Gasteiger partial charge in [0.25, 0.3) is 0 Å². The topological polar surface area (TPSA) is 128 Å². The number of benzene rings is 1. The molecule has 1 aromatic rings. The van der Waals surface area contributed by atoms with Gasteiger partial charge in [-0.1, -0.05) is 44.5 Å². The van der Waals surface area contributed by atoms with Gasteiger partial charge >= 0.3 is 30.6 Å². The van der Waals surface area contributed by atoms with Crippen molar-refractivity contribution >= 4 is 18.0 Å². The average molecular weight is 597 g/mol. The van der Waals surface area contributed by atoms with Crippen LogP contribution >= 0.6 is 0 Å². The van der Waals surface area contributed by atoms with Crippen molar-refractivity contribution < 1.29 is 52.3 Å². The van der Waals surface area contributed by atoms with Crippen LogP contribution in [0.5, 0.6) is 0 Å². The number of ether oxygens (including phenoxy) is 3. The molecule has 2 saturated heterocycles. The van der Waals surface area contributed by atoms with Gasteiger partial charge in [-0.15, -0.1) is 13.1 Å². The van der Waals surface area contributed by atoms with Crippen LogP contribution in [0.4, 0.5) is 4.79 Å². The molecule has 2 amide bonds. The van der Waals surface area contributed by atoms with E-state index >= 15 is 0 Å². The molecule has 40 heavy (non-hydrogen) atoms. The molecule has 2 N–H and O–H groups in total. The molecule has 4 rings (SSSR count). The number of nitrogens with zero attached hydrogens (tertiary/aromatic N) is 2. The fourth-order valence-electron chi connectivity index (χ4n) is 5.55. The SMILES string of the molecule is CCC[C@@H](NC(=O)C1C[N-]C[C@@H]1OC(=O)N1CCc2ccccc2C1)C(OC1OCCCC1CC)C(=O)O.[CH3-].[V+2]. The quantitative estimate of drug-likeness (QED) is 0.392. The molecule has 0 saturated carbocycles. The van der Waals surface area contributed by atoms with Crippen molar-refractivity contribution in [3.8, 4) is 0 Å². The van der Waals surface area contributed by atoms with Gasteiger partial charge in [0.05, 0.1) is 18.1 Å². The van der Waals surface area contributed by atoms with E-state index in [0.29, 0.717) is 32.5 Å². The minimum Gasteiger partial charge on any atom is -0.659 e. The van der Waals surface area contributed by atoms with Gasteiger partial charge < -0.3 is 42.3 Å². The molecule has 4 unspecified atom stereocenters. The standard InChI is InChI=1S/C28H40N3O7.CH3.V/c1-3-8-22(24(26(33)34)38-27-18(4-2)11-7-14-36-27)30-25(32)21-15-29-16-23(21)37-28(35)31-13-12-19-9-5-6-10-20(19)17-31;;/h5-6,9-10,18,21-24,27H,3-4,7-8,11-17H2,1-2H3,(H,30,32)(H,33,34);1H3;/q2*-1;+2/t18?,21?,22-,23+,24?,27?;;/m1../s1. The second-order valence-electron chi connectivity index (χ2n) is 10.4. The molecule has 0 aromatic heterocycles. The summed E-state index contributed by atoms with van der Waals surface area (Å²) < 4.78 is 17.5. The predicted octanol–water partition coefficient (Wildman–Crippen LogP) is 3.92. The summed E-state index contributed by atoms with van der Waals surface area (Å²) in [5.41, 5.74) is 2.32. The van der Waals surface area contributed by atoms with E-state index < -0.39 is 42.5 Å². The number of rotatable bonds is 10. The Bertz CT molecular complexity index is 981. The summed E-state index contributed by atoms with van der Waals surface area (Å²) in [6, 6.07) is 7.27. The van der Waals surface area contributed by atoms with Gasteiger partial charge in [-0.3, -0.25) is 4.79 Å². The fraction of sp³-hybridized carbons (Fsp3) is 0.655. The molecule has 221 valence electrons. The smallest absolute Gasteiger partial charge is 0.659 e. The molecular weight excluding hydrogens is 553 g/mol. The van der Waals surface area contributed by atoms with Gasteiger partial charge in [0.2, 0.25) is 5.91 Å². The molecule has 6 atom stereocenters. The monoisotopic (exact) mass is 596 g/mol. The second kappa shape index (κ2) is 16.4. The Labute approximate surface area is 249 Å². The minimum absolute atomic E-state index is 0. The van der Waals surface area contributed by atoms with Gasteiger partial charge in [-0.05, 0) is 43.2 Å². The zero-order chi connectivity index (χ0) is 27.1. The Hall–Kier alpha value is -2.11. The Morgan fingerprint density at radius 2 is 1.95 bits per heavy atom. The third kappa shape index (κ3) is 8.46. The van der Waals surface area contributed by atoms with Crippen LogP contribution in [0, 0.1) is 19.3 Å². The summed E-state index contributed by atoms with van der Waals surface area (Å²) in [5, 5.41) is 17.2. The van der Waals surface area contributed by atoms with Crippen LogP contribution < -0.4 is 5.32 Å². The number of fused-ring (bicyclic) bond motifs is 1. The van der Waals surface area contributed by atoms with Crippen LogP contribution in [0.1, 0.15) is 57.1 Å². The maximum absolute atomic E-state index is 13.3. The third-order valence-corrected chi connectivity index (χ3v) is 7.79. The van der Waals surface area contributed by atoms with E-state index in [1.54, 1.807) is 4.90 Å². The summed E-state index contributed by atoms with van der Waals surface area (Å²) in [4.78, 5) is 40.2. The number of amides is 2. The first-order chi connectivity index (χ1) is 18.4. The number of nitrogens with one attached hydrogen (secondary N) is 1. The van der Waals surface area contributed by atoms with Crippen molar-refractivity contribution in [2.45, 2.75) is 83.5 Å². The zero-order valence-corrected chi connectivity index (χ0v) is 25.2. The maximum atomic E-state index is 13.3. The van der Waals surface area contributed by atoms with E-state index in [1.807, 2.05) is 32.0 Å². The molecule has 0 spiro atoms. The van der Waals surface area contributed by atoms with E-state index in [4.69, 9.17) is 14.2 Å². The zero-order valence-electron chi connectivity index (χ0n) is 23.8. The normalized spacial score (nSPS) is 25.4. The van der Waals surface area contributed by atoms with Crippen LogP contribution in [0.25, 0.3) is 5.32 Å². The first-order valence-corrected chi connectivity index (χ1v) is 13.9. The molecule has 1 radical (unpaired) electrons. The molecule has 0 bridgehead atoms. The molecule has 3 heterocycles. The van der Waals surface area contributed by atoms with Crippen LogP contribution in [0.2, 0.25) is 0 Å². The summed E-state index contributed by atoms with van der Waals surface area (Å²) in [6.07, 6.45) is 1.47. The largest absolute Gasteiger partial charge is 2.00 e. The van der Waals surface area contributed by atoms with Crippen LogP contribution in [-0.4, -0.2) is 78.8 Å². The van der Waals surface area contributed by atoms with Gasteiger partial charge in [-0.25, -0.2) is 9.59 Å². The van der Waals surface area contributed by atoms with Crippen molar-refractivity contribution in [1.82, 2.24) is 10.2 Å². The molecular formula is C29H43N3O7V. The number of hydrogen-bond acceptors (Lipinski definition) is 6. The summed E-state index contributed by atoms with van der Waals surface area (Å²) in [6.45, 7) is 5.95. The number of carboxylic acids is 1. The van der Waals surface area contributed by atoms with Gasteiger partial charge in [-0.2, -0.15) is 0 Å². The molecule has 2 fully saturated rings. The molecule has 10 nitrogen and oxygen atoms in total. The molecule has 11 heteroatoms. The van der Waals surface area contributed by atoms with Crippen molar-refractivity contribution in [2.75, 3.05) is 26.2 Å². The van der Waals surface area contributed by atoms with E-state index in [9.17, 15) is 19.5 Å². The Balaban J connectivity index is 0.00000280. The maximum Gasteiger partial charge on any atom is 2.00 e. The van der Waals surface area contributed by atoms with Gasteiger partial charge in [0.1, 0.15) is 0 Å². The van der Waals surface area contributed by atoms with Crippen molar-refractivity contribution in [3.05, 3.63) is 48.1 Å². The van der Waals surface area contributed by atoms with Crippen LogP contribution in [-0.2, 0) is 55.3 Å². The fourth-order valence-corrected chi connectivity index (χ4v) is 5.55. The molecule has 1 aromatic carbocycles. The molecule has 3 aliphatic rings. The van der Waals surface area contributed by atoms with Crippen molar-refractivity contribution in [1.29, 1.82) is 0 Å².